The van der Waals surface area contributed by atoms with Crippen molar-refractivity contribution in [2.75, 3.05) is 11.5 Å². The highest BCUT2D eigenvalue weighted by Crippen LogP contribution is 2.22. The molecule has 0 atom stereocenters. The summed E-state index contributed by atoms with van der Waals surface area (Å²) in [7, 11) is 0. The molecule has 0 amide bonds. The number of nitrogens with two attached hydrogens (primary N) is 2. The lowest BCUT2D eigenvalue weighted by Gasteiger charge is -2.03. The number of aromatic nitrogens is 3. The molecule has 5 heteroatoms. The minimum atomic E-state index is 0.176. The van der Waals surface area contributed by atoms with Crippen LogP contribution in [0.5, 0.6) is 0 Å². The van der Waals surface area contributed by atoms with Crippen molar-refractivity contribution in [1.29, 1.82) is 0 Å². The Morgan fingerprint density at radius 3 is 2.64 bits per heavy atom. The summed E-state index contributed by atoms with van der Waals surface area (Å²) in [6.45, 7) is 0. The lowest BCUT2D eigenvalue weighted by molar-refractivity contribution is 1.19. The molecule has 0 aliphatic heterocycles. The largest absolute Gasteiger partial charge is 0.383 e. The van der Waals surface area contributed by atoms with E-state index in [-0.39, 0.29) is 5.95 Å². The van der Waals surface area contributed by atoms with Gasteiger partial charge in [-0.2, -0.15) is 4.98 Å². The van der Waals surface area contributed by atoms with Crippen molar-refractivity contribution < 1.29 is 0 Å². The van der Waals surface area contributed by atoms with Crippen molar-refractivity contribution in [3.8, 4) is 11.1 Å². The van der Waals surface area contributed by atoms with Gasteiger partial charge in [0.2, 0.25) is 5.95 Å². The van der Waals surface area contributed by atoms with Gasteiger partial charge in [0.05, 0.1) is 0 Å². The SMILES string of the molecule is Nc1ncc(-c2cccnc2)c(N)n1. The Morgan fingerprint density at radius 2 is 2.00 bits per heavy atom. The Hall–Kier alpha value is -2.17. The van der Waals surface area contributed by atoms with Crippen molar-refractivity contribution in [2.24, 2.45) is 0 Å². The third kappa shape index (κ3) is 1.47. The van der Waals surface area contributed by atoms with Crippen molar-refractivity contribution in [3.05, 3.63) is 30.7 Å². The van der Waals surface area contributed by atoms with Crippen LogP contribution in [0.25, 0.3) is 11.1 Å². The summed E-state index contributed by atoms with van der Waals surface area (Å²) in [6, 6.07) is 3.71. The number of hydrogen-bond acceptors (Lipinski definition) is 5. The topological polar surface area (TPSA) is 90.7 Å². The number of pyridine rings is 1. The van der Waals surface area contributed by atoms with Gasteiger partial charge in [-0.3, -0.25) is 4.98 Å². The molecule has 2 heterocycles. The van der Waals surface area contributed by atoms with Crippen LogP contribution in [0.15, 0.2) is 30.7 Å². The van der Waals surface area contributed by atoms with E-state index in [1.54, 1.807) is 18.6 Å². The van der Waals surface area contributed by atoms with Gasteiger partial charge < -0.3 is 11.5 Å². The Labute approximate surface area is 80.8 Å². The van der Waals surface area contributed by atoms with Crippen LogP contribution < -0.4 is 11.5 Å². The number of rotatable bonds is 1. The summed E-state index contributed by atoms with van der Waals surface area (Å²) in [5, 5.41) is 0. The zero-order chi connectivity index (χ0) is 9.97. The predicted octanol–water partition coefficient (Wildman–Crippen LogP) is 0.703. The van der Waals surface area contributed by atoms with Gasteiger partial charge in [-0.1, -0.05) is 6.07 Å². The molecule has 0 saturated heterocycles. The molecule has 0 fully saturated rings. The third-order valence-corrected chi connectivity index (χ3v) is 1.81. The molecule has 0 unspecified atom stereocenters. The van der Waals surface area contributed by atoms with Gasteiger partial charge in [0, 0.05) is 29.7 Å². The highest BCUT2D eigenvalue weighted by Gasteiger charge is 2.04. The molecule has 70 valence electrons. The standard InChI is InChI=1S/C9H9N5/c10-8-7(5-13-9(11)14-8)6-2-1-3-12-4-6/h1-5H,(H4,10,11,13,14). The number of nitrogen functional groups attached to an aromatic ring is 2. The Bertz CT molecular complexity index is 440. The van der Waals surface area contributed by atoms with Gasteiger partial charge >= 0.3 is 0 Å². The first-order chi connectivity index (χ1) is 6.77. The summed E-state index contributed by atoms with van der Waals surface area (Å²) in [5.74, 6) is 0.542. The molecule has 4 N–H and O–H groups in total. The summed E-state index contributed by atoms with van der Waals surface area (Å²) in [4.78, 5) is 11.7. The van der Waals surface area contributed by atoms with E-state index < -0.39 is 0 Å². The minimum Gasteiger partial charge on any atom is -0.383 e. The molecule has 0 aromatic carbocycles. The van der Waals surface area contributed by atoms with Gasteiger partial charge in [0.25, 0.3) is 0 Å². The van der Waals surface area contributed by atoms with E-state index in [2.05, 4.69) is 15.0 Å². The summed E-state index contributed by atoms with van der Waals surface area (Å²) >= 11 is 0. The predicted molar refractivity (Wildman–Crippen MR) is 54.1 cm³/mol. The van der Waals surface area contributed by atoms with E-state index in [0.717, 1.165) is 11.1 Å². The van der Waals surface area contributed by atoms with Crippen LogP contribution in [0.1, 0.15) is 0 Å². The van der Waals surface area contributed by atoms with Gasteiger partial charge in [-0.05, 0) is 6.07 Å². The van der Waals surface area contributed by atoms with Crippen LogP contribution in [0.4, 0.5) is 11.8 Å². The van der Waals surface area contributed by atoms with E-state index in [9.17, 15) is 0 Å². The fourth-order valence-electron chi connectivity index (χ4n) is 1.15. The van der Waals surface area contributed by atoms with Gasteiger partial charge in [0.1, 0.15) is 5.82 Å². The second kappa shape index (κ2) is 3.29. The summed E-state index contributed by atoms with van der Waals surface area (Å²) in [6.07, 6.45) is 4.98. The van der Waals surface area contributed by atoms with E-state index in [0.29, 0.717) is 5.82 Å². The molecular formula is C9H9N5. The highest BCUT2D eigenvalue weighted by molar-refractivity contribution is 5.72. The lowest BCUT2D eigenvalue weighted by Crippen LogP contribution is -2.00. The molecule has 2 aromatic heterocycles. The first-order valence-electron chi connectivity index (χ1n) is 4.06. The van der Waals surface area contributed by atoms with Crippen LogP contribution >= 0.6 is 0 Å². The average Bonchev–Trinajstić information content (AvgIpc) is 2.19. The van der Waals surface area contributed by atoms with E-state index >= 15 is 0 Å². The molecule has 2 aromatic rings. The van der Waals surface area contributed by atoms with Gasteiger partial charge in [0.15, 0.2) is 0 Å². The molecular weight excluding hydrogens is 178 g/mol. The fraction of sp³-hybridized carbons (Fsp3) is 0. The molecule has 0 aliphatic carbocycles. The number of nitrogens with zero attached hydrogens (tertiary/aromatic N) is 3. The summed E-state index contributed by atoms with van der Waals surface area (Å²) in [5.41, 5.74) is 12.7. The molecule has 14 heavy (non-hydrogen) atoms. The van der Waals surface area contributed by atoms with Crippen LogP contribution in [-0.2, 0) is 0 Å². The van der Waals surface area contributed by atoms with Crippen LogP contribution in [0, 0.1) is 0 Å². The van der Waals surface area contributed by atoms with Gasteiger partial charge in [-0.15, -0.1) is 0 Å². The van der Waals surface area contributed by atoms with Gasteiger partial charge in [-0.25, -0.2) is 4.98 Å². The molecule has 0 aliphatic rings. The highest BCUT2D eigenvalue weighted by atomic mass is 15.0. The molecule has 0 radical (unpaired) electrons. The maximum Gasteiger partial charge on any atom is 0.221 e. The number of hydrogen-bond donors (Lipinski definition) is 2. The molecule has 0 bridgehead atoms. The molecule has 0 saturated carbocycles. The lowest BCUT2D eigenvalue weighted by atomic mass is 10.1. The minimum absolute atomic E-state index is 0.176. The first-order valence-corrected chi connectivity index (χ1v) is 4.06. The van der Waals surface area contributed by atoms with Crippen LogP contribution in [-0.4, -0.2) is 15.0 Å². The second-order valence-corrected chi connectivity index (χ2v) is 2.77. The van der Waals surface area contributed by atoms with Crippen molar-refractivity contribution in [1.82, 2.24) is 15.0 Å². The van der Waals surface area contributed by atoms with Crippen molar-refractivity contribution >= 4 is 11.8 Å². The van der Waals surface area contributed by atoms with Crippen LogP contribution in [0.3, 0.4) is 0 Å². The Morgan fingerprint density at radius 1 is 1.14 bits per heavy atom. The van der Waals surface area contributed by atoms with Crippen molar-refractivity contribution in [3.63, 3.8) is 0 Å². The van der Waals surface area contributed by atoms with E-state index in [1.165, 1.54) is 0 Å². The Balaban J connectivity index is 2.53. The normalized spacial score (nSPS) is 10.0. The smallest absolute Gasteiger partial charge is 0.221 e. The Kier molecular flexibility index (Phi) is 1.98. The third-order valence-electron chi connectivity index (χ3n) is 1.81. The average molecular weight is 187 g/mol. The zero-order valence-corrected chi connectivity index (χ0v) is 7.38. The number of anilines is 2. The monoisotopic (exact) mass is 187 g/mol. The zero-order valence-electron chi connectivity index (χ0n) is 7.38. The van der Waals surface area contributed by atoms with Crippen LogP contribution in [0.2, 0.25) is 0 Å². The maximum absolute atomic E-state index is 5.69. The van der Waals surface area contributed by atoms with Crippen molar-refractivity contribution in [2.45, 2.75) is 0 Å². The summed E-state index contributed by atoms with van der Waals surface area (Å²) < 4.78 is 0. The van der Waals surface area contributed by atoms with E-state index in [4.69, 9.17) is 11.5 Å². The maximum atomic E-state index is 5.69. The molecule has 2 rings (SSSR count). The van der Waals surface area contributed by atoms with E-state index in [1.807, 2.05) is 12.1 Å². The quantitative estimate of drug-likeness (QED) is 0.685. The molecule has 5 nitrogen and oxygen atoms in total. The molecule has 0 spiro atoms. The second-order valence-electron chi connectivity index (χ2n) is 2.77. The first kappa shape index (κ1) is 8.43. The fourth-order valence-corrected chi connectivity index (χ4v) is 1.15.